The van der Waals surface area contributed by atoms with Crippen molar-refractivity contribution in [2.45, 2.75) is 6.92 Å². The lowest BCUT2D eigenvalue weighted by Crippen LogP contribution is -2.01. The SMILES string of the molecule is Cc1cc(F)c(Br)cc1-n1cncc1-c1cccnc1N. The lowest BCUT2D eigenvalue weighted by atomic mass is 10.1. The summed E-state index contributed by atoms with van der Waals surface area (Å²) in [7, 11) is 0. The lowest BCUT2D eigenvalue weighted by molar-refractivity contribution is 0.619. The van der Waals surface area contributed by atoms with E-state index in [-0.39, 0.29) is 5.82 Å². The third-order valence-corrected chi connectivity index (χ3v) is 3.86. The quantitative estimate of drug-likeness (QED) is 0.769. The predicted octanol–water partition coefficient (Wildman–Crippen LogP) is 3.73. The van der Waals surface area contributed by atoms with E-state index >= 15 is 0 Å². The lowest BCUT2D eigenvalue weighted by Gasteiger charge is -2.13. The second-order valence-electron chi connectivity index (χ2n) is 4.64. The number of hydrogen-bond donors (Lipinski definition) is 1. The van der Waals surface area contributed by atoms with Crippen molar-refractivity contribution in [1.82, 2.24) is 14.5 Å². The van der Waals surface area contributed by atoms with Gasteiger partial charge in [-0.15, -0.1) is 0 Å². The van der Waals surface area contributed by atoms with Crippen LogP contribution in [0.3, 0.4) is 0 Å². The van der Waals surface area contributed by atoms with Crippen molar-refractivity contribution in [1.29, 1.82) is 0 Å². The first-order chi connectivity index (χ1) is 10.1. The fourth-order valence-electron chi connectivity index (χ4n) is 2.22. The van der Waals surface area contributed by atoms with Crippen LogP contribution in [0.15, 0.2) is 47.5 Å². The molecule has 0 amide bonds. The summed E-state index contributed by atoms with van der Waals surface area (Å²) in [6, 6.07) is 6.90. The molecular weight excluding hydrogens is 335 g/mol. The number of aromatic nitrogens is 3. The molecule has 106 valence electrons. The van der Waals surface area contributed by atoms with Crippen molar-refractivity contribution in [3.63, 3.8) is 0 Å². The number of nitrogen functional groups attached to an aromatic ring is 1. The molecule has 0 aliphatic carbocycles. The average Bonchev–Trinajstić information content (AvgIpc) is 2.92. The first-order valence-corrected chi connectivity index (χ1v) is 7.06. The molecular formula is C15H12BrFN4. The normalized spacial score (nSPS) is 10.8. The highest BCUT2D eigenvalue weighted by molar-refractivity contribution is 9.10. The second kappa shape index (κ2) is 5.29. The Balaban J connectivity index is 2.21. The van der Waals surface area contributed by atoms with Crippen LogP contribution in [-0.4, -0.2) is 14.5 Å². The maximum absolute atomic E-state index is 13.6. The summed E-state index contributed by atoms with van der Waals surface area (Å²) in [4.78, 5) is 8.27. The summed E-state index contributed by atoms with van der Waals surface area (Å²) in [5.74, 6) is 0.136. The van der Waals surface area contributed by atoms with Gasteiger partial charge < -0.3 is 5.73 Å². The predicted molar refractivity (Wildman–Crippen MR) is 83.6 cm³/mol. The fraction of sp³-hybridized carbons (Fsp3) is 0.0667. The monoisotopic (exact) mass is 346 g/mol. The van der Waals surface area contributed by atoms with E-state index in [0.29, 0.717) is 10.3 Å². The first kappa shape index (κ1) is 13.8. The van der Waals surface area contributed by atoms with E-state index in [1.165, 1.54) is 6.07 Å². The van der Waals surface area contributed by atoms with E-state index < -0.39 is 0 Å². The molecule has 1 aromatic carbocycles. The molecule has 4 nitrogen and oxygen atoms in total. The Morgan fingerprint density at radius 1 is 1.33 bits per heavy atom. The van der Waals surface area contributed by atoms with Gasteiger partial charge in [-0.25, -0.2) is 14.4 Å². The molecule has 0 fully saturated rings. The zero-order valence-corrected chi connectivity index (χ0v) is 12.8. The molecule has 0 aliphatic rings. The highest BCUT2D eigenvalue weighted by Crippen LogP contribution is 2.29. The van der Waals surface area contributed by atoms with Crippen LogP contribution < -0.4 is 5.73 Å². The first-order valence-electron chi connectivity index (χ1n) is 6.27. The van der Waals surface area contributed by atoms with Crippen molar-refractivity contribution in [3.05, 3.63) is 58.8 Å². The van der Waals surface area contributed by atoms with Crippen LogP contribution in [0.5, 0.6) is 0 Å². The van der Waals surface area contributed by atoms with Gasteiger partial charge in [0.1, 0.15) is 11.6 Å². The average molecular weight is 347 g/mol. The molecule has 21 heavy (non-hydrogen) atoms. The number of anilines is 1. The summed E-state index contributed by atoms with van der Waals surface area (Å²) >= 11 is 3.22. The highest BCUT2D eigenvalue weighted by Gasteiger charge is 2.13. The summed E-state index contributed by atoms with van der Waals surface area (Å²) < 4.78 is 15.9. The van der Waals surface area contributed by atoms with Gasteiger partial charge in [-0.3, -0.25) is 4.57 Å². The van der Waals surface area contributed by atoms with Crippen LogP contribution in [0.25, 0.3) is 16.9 Å². The maximum atomic E-state index is 13.6. The summed E-state index contributed by atoms with van der Waals surface area (Å²) in [6.45, 7) is 1.85. The third kappa shape index (κ3) is 2.42. The second-order valence-corrected chi connectivity index (χ2v) is 5.49. The topological polar surface area (TPSA) is 56.7 Å². The molecule has 0 saturated heterocycles. The van der Waals surface area contributed by atoms with E-state index in [4.69, 9.17) is 5.73 Å². The molecule has 3 rings (SSSR count). The van der Waals surface area contributed by atoms with Crippen molar-refractivity contribution in [3.8, 4) is 16.9 Å². The Morgan fingerprint density at radius 2 is 2.14 bits per heavy atom. The summed E-state index contributed by atoms with van der Waals surface area (Å²) in [5.41, 5.74) is 9.16. The van der Waals surface area contributed by atoms with Crippen LogP contribution >= 0.6 is 15.9 Å². The fourth-order valence-corrected chi connectivity index (χ4v) is 2.55. The number of nitrogens with two attached hydrogens (primary N) is 1. The van der Waals surface area contributed by atoms with E-state index in [1.807, 2.05) is 23.6 Å². The maximum Gasteiger partial charge on any atom is 0.137 e. The molecule has 0 radical (unpaired) electrons. The molecule has 0 saturated carbocycles. The van der Waals surface area contributed by atoms with E-state index in [9.17, 15) is 4.39 Å². The largest absolute Gasteiger partial charge is 0.383 e. The molecule has 0 spiro atoms. The van der Waals surface area contributed by atoms with Gasteiger partial charge in [0.2, 0.25) is 0 Å². The highest BCUT2D eigenvalue weighted by atomic mass is 79.9. The van der Waals surface area contributed by atoms with Crippen molar-refractivity contribution in [2.24, 2.45) is 0 Å². The summed E-state index contributed by atoms with van der Waals surface area (Å²) in [5, 5.41) is 0. The number of nitrogens with zero attached hydrogens (tertiary/aromatic N) is 3. The van der Waals surface area contributed by atoms with Crippen LogP contribution in [0.2, 0.25) is 0 Å². The zero-order valence-electron chi connectivity index (χ0n) is 11.2. The molecule has 3 aromatic rings. The molecule has 6 heteroatoms. The van der Waals surface area contributed by atoms with Gasteiger partial charge >= 0.3 is 0 Å². The molecule has 0 atom stereocenters. The molecule has 2 N–H and O–H groups in total. The van der Waals surface area contributed by atoms with E-state index in [2.05, 4.69) is 25.9 Å². The van der Waals surface area contributed by atoms with Crippen molar-refractivity contribution < 1.29 is 4.39 Å². The van der Waals surface area contributed by atoms with Gasteiger partial charge in [0.15, 0.2) is 0 Å². The van der Waals surface area contributed by atoms with Gasteiger partial charge in [-0.05, 0) is 52.7 Å². The minimum atomic E-state index is -0.293. The standard InChI is InChI=1S/C15H12BrFN4/c1-9-5-12(17)11(16)6-13(9)21-8-19-7-14(21)10-3-2-4-20-15(10)18/h2-8H,1H3,(H2,18,20). The molecule has 2 heterocycles. The van der Waals surface area contributed by atoms with Crippen LogP contribution in [0.4, 0.5) is 10.2 Å². The number of benzene rings is 1. The minimum Gasteiger partial charge on any atom is -0.383 e. The Bertz CT molecular complexity index is 813. The van der Waals surface area contributed by atoms with Crippen LogP contribution in [0.1, 0.15) is 5.56 Å². The number of aryl methyl sites for hydroxylation is 1. The van der Waals surface area contributed by atoms with Crippen LogP contribution in [0, 0.1) is 12.7 Å². The Kier molecular flexibility index (Phi) is 3.47. The number of rotatable bonds is 2. The van der Waals surface area contributed by atoms with E-state index in [0.717, 1.165) is 22.5 Å². The number of hydrogen-bond acceptors (Lipinski definition) is 3. The number of imidazole rings is 1. The minimum absolute atomic E-state index is 0.293. The number of pyridine rings is 1. The Morgan fingerprint density at radius 3 is 2.90 bits per heavy atom. The van der Waals surface area contributed by atoms with E-state index in [1.54, 1.807) is 24.8 Å². The third-order valence-electron chi connectivity index (χ3n) is 3.25. The number of halogens is 2. The van der Waals surface area contributed by atoms with Crippen molar-refractivity contribution in [2.75, 3.05) is 5.73 Å². The smallest absolute Gasteiger partial charge is 0.137 e. The van der Waals surface area contributed by atoms with Gasteiger partial charge in [-0.2, -0.15) is 0 Å². The zero-order chi connectivity index (χ0) is 15.0. The van der Waals surface area contributed by atoms with Gasteiger partial charge in [0.25, 0.3) is 0 Å². The molecule has 2 aromatic heterocycles. The Hall–Kier alpha value is -2.21. The van der Waals surface area contributed by atoms with Gasteiger partial charge in [0, 0.05) is 11.8 Å². The van der Waals surface area contributed by atoms with Gasteiger partial charge in [0.05, 0.1) is 28.4 Å². The molecule has 0 aliphatic heterocycles. The van der Waals surface area contributed by atoms with Crippen molar-refractivity contribution >= 4 is 21.7 Å². The summed E-state index contributed by atoms with van der Waals surface area (Å²) in [6.07, 6.45) is 5.03. The molecule has 0 bridgehead atoms. The van der Waals surface area contributed by atoms with Crippen LogP contribution in [-0.2, 0) is 0 Å². The van der Waals surface area contributed by atoms with Gasteiger partial charge in [-0.1, -0.05) is 0 Å². The Labute approximate surface area is 129 Å². The molecule has 0 unspecified atom stereocenters.